The Morgan fingerprint density at radius 3 is 2.10 bits per heavy atom. The third-order valence-corrected chi connectivity index (χ3v) is 14.5. The highest BCUT2D eigenvalue weighted by molar-refractivity contribution is 7.28. The van der Waals surface area contributed by atoms with Crippen LogP contribution in [0.1, 0.15) is 156 Å². The van der Waals surface area contributed by atoms with Gasteiger partial charge in [0.25, 0.3) is 0 Å². The molecule has 1 aromatic heterocycles. The van der Waals surface area contributed by atoms with Gasteiger partial charge in [0, 0.05) is 27.4 Å². The summed E-state index contributed by atoms with van der Waals surface area (Å²) in [5, 5.41) is 5.11. The van der Waals surface area contributed by atoms with Gasteiger partial charge < -0.3 is 10.2 Å². The lowest BCUT2D eigenvalue weighted by Gasteiger charge is -2.41. The molecule has 0 spiro atoms. The first-order valence-corrected chi connectivity index (χ1v) is 23.1. The molecule has 2 unspecified atom stereocenters. The van der Waals surface area contributed by atoms with Crippen molar-refractivity contribution in [2.75, 3.05) is 10.2 Å². The van der Waals surface area contributed by atoms with Crippen LogP contribution in [0.4, 0.5) is 22.7 Å². The molecule has 2 nitrogen and oxygen atoms in total. The summed E-state index contributed by atoms with van der Waals surface area (Å²) in [4.78, 5) is 2.58. The zero-order chi connectivity index (χ0) is 42.7. The number of benzene rings is 4. The summed E-state index contributed by atoms with van der Waals surface area (Å²) in [7, 11) is 2.49. The first-order chi connectivity index (χ1) is 27.5. The first kappa shape index (κ1) is 43.1. The molecule has 1 heterocycles. The summed E-state index contributed by atoms with van der Waals surface area (Å²) in [6.07, 6.45) is 12.6. The Morgan fingerprint density at radius 2 is 1.46 bits per heavy atom. The van der Waals surface area contributed by atoms with Crippen molar-refractivity contribution in [2.24, 2.45) is 5.41 Å². The fourth-order valence-electron chi connectivity index (χ4n) is 9.49. The number of fused-ring (bicyclic) bond motifs is 3. The molecule has 0 bridgehead atoms. The summed E-state index contributed by atoms with van der Waals surface area (Å²) in [5.74, 6) is 0.508. The molecular formula is C55H70BN2S. The minimum Gasteiger partial charge on any atom is -0.355 e. The molecule has 5 aromatic rings. The molecule has 1 radical (unpaired) electrons. The van der Waals surface area contributed by atoms with Gasteiger partial charge >= 0.3 is 0 Å². The molecule has 0 saturated heterocycles. The van der Waals surface area contributed by atoms with E-state index in [1.165, 1.54) is 79.5 Å². The van der Waals surface area contributed by atoms with E-state index in [2.05, 4.69) is 211 Å². The van der Waals surface area contributed by atoms with E-state index in [1.807, 2.05) is 11.3 Å². The van der Waals surface area contributed by atoms with Crippen LogP contribution < -0.4 is 20.5 Å². The highest BCUT2D eigenvalue weighted by atomic mass is 32.1. The van der Waals surface area contributed by atoms with Crippen LogP contribution in [0.15, 0.2) is 104 Å². The van der Waals surface area contributed by atoms with Crippen LogP contribution in [-0.2, 0) is 21.7 Å². The molecule has 2 atom stereocenters. The van der Waals surface area contributed by atoms with Gasteiger partial charge in [-0.15, -0.1) is 6.58 Å². The summed E-state index contributed by atoms with van der Waals surface area (Å²) in [6.45, 7) is 35.2. The van der Waals surface area contributed by atoms with Crippen molar-refractivity contribution in [3.8, 4) is 0 Å². The molecule has 0 fully saturated rings. The Morgan fingerprint density at radius 1 is 0.797 bits per heavy atom. The summed E-state index contributed by atoms with van der Waals surface area (Å²) in [5.41, 5.74) is 13.8. The lowest BCUT2D eigenvalue weighted by Crippen LogP contribution is -2.38. The van der Waals surface area contributed by atoms with E-state index < -0.39 is 0 Å². The van der Waals surface area contributed by atoms with Crippen LogP contribution in [0.25, 0.3) is 10.1 Å². The second-order valence-corrected chi connectivity index (χ2v) is 23.1. The van der Waals surface area contributed by atoms with Crippen molar-refractivity contribution in [3.63, 3.8) is 0 Å². The van der Waals surface area contributed by atoms with Crippen LogP contribution in [0, 0.1) is 5.41 Å². The number of allylic oxidation sites excluding steroid dienone is 1. The van der Waals surface area contributed by atoms with Crippen molar-refractivity contribution in [1.29, 1.82) is 0 Å². The summed E-state index contributed by atoms with van der Waals surface area (Å²) >= 11 is 1.94. The molecule has 2 aliphatic carbocycles. The van der Waals surface area contributed by atoms with Gasteiger partial charge in [-0.2, -0.15) is 11.3 Å². The quantitative estimate of drug-likeness (QED) is 0.112. The number of nitrogens with one attached hydrogen (secondary N) is 1. The topological polar surface area (TPSA) is 15.3 Å². The van der Waals surface area contributed by atoms with Crippen LogP contribution in [0.3, 0.4) is 0 Å². The molecule has 7 rings (SSSR count). The third-order valence-electron chi connectivity index (χ3n) is 13.5. The Labute approximate surface area is 362 Å². The van der Waals surface area contributed by atoms with Crippen molar-refractivity contribution < 1.29 is 0 Å². The summed E-state index contributed by atoms with van der Waals surface area (Å²) < 4.78 is 2.69. The molecular weight excluding hydrogens is 731 g/mol. The van der Waals surface area contributed by atoms with Crippen LogP contribution in [0.2, 0.25) is 0 Å². The van der Waals surface area contributed by atoms with Crippen molar-refractivity contribution in [2.45, 2.75) is 156 Å². The van der Waals surface area contributed by atoms with Gasteiger partial charge in [-0.1, -0.05) is 138 Å². The number of thiophene rings is 1. The van der Waals surface area contributed by atoms with Gasteiger partial charge in [0.1, 0.15) is 0 Å². The minimum atomic E-state index is 0.0304. The molecule has 1 N–H and O–H groups in total. The van der Waals surface area contributed by atoms with Gasteiger partial charge in [-0.25, -0.2) is 0 Å². The van der Waals surface area contributed by atoms with Gasteiger partial charge in [0.2, 0.25) is 7.28 Å². The average Bonchev–Trinajstić information content (AvgIpc) is 3.55. The maximum Gasteiger partial charge on any atom is 0.208 e. The van der Waals surface area contributed by atoms with E-state index in [9.17, 15) is 0 Å². The fraction of sp³-hybridized carbons (Fsp3) is 0.455. The minimum absolute atomic E-state index is 0.0304. The van der Waals surface area contributed by atoms with Crippen LogP contribution in [-0.4, -0.2) is 13.3 Å². The number of anilines is 4. The van der Waals surface area contributed by atoms with Gasteiger partial charge in [-0.3, -0.25) is 0 Å². The number of hydrogen-bond acceptors (Lipinski definition) is 3. The molecule has 0 aliphatic heterocycles. The van der Waals surface area contributed by atoms with Crippen LogP contribution in [0.5, 0.6) is 0 Å². The van der Waals surface area contributed by atoms with E-state index in [-0.39, 0.29) is 33.1 Å². The number of nitrogens with zero attached hydrogens (tertiary/aromatic N) is 1. The normalized spacial score (nSPS) is 18.9. The zero-order valence-electron chi connectivity index (χ0n) is 38.6. The molecule has 2 aliphatic rings. The highest BCUT2D eigenvalue weighted by Gasteiger charge is 2.38. The van der Waals surface area contributed by atoms with E-state index in [0.29, 0.717) is 5.92 Å². The van der Waals surface area contributed by atoms with Gasteiger partial charge in [0.15, 0.2) is 0 Å². The highest BCUT2D eigenvalue weighted by Crippen LogP contribution is 2.48. The second kappa shape index (κ2) is 15.8. The SMILES string of the molecule is C=CC(C/C=C/C(C)(C)C)N(c1cccc(Nc2ccc(C(C)(C)C)cc2)c1)c1cc2c(cc1[B]c1cc3cc4c(cc3s1)C(C)(C)CCC4(C)C)C(C)CCC2(C)C. The monoisotopic (exact) mass is 802 g/mol. The zero-order valence-corrected chi connectivity index (χ0v) is 39.4. The fourth-order valence-corrected chi connectivity index (χ4v) is 10.5. The molecule has 309 valence electrons. The van der Waals surface area contributed by atoms with E-state index in [1.54, 1.807) is 0 Å². The molecule has 0 saturated carbocycles. The maximum absolute atomic E-state index is 4.50. The predicted molar refractivity (Wildman–Crippen MR) is 263 cm³/mol. The lowest BCUT2D eigenvalue weighted by molar-refractivity contribution is 0.332. The maximum atomic E-state index is 4.50. The van der Waals surface area contributed by atoms with Crippen molar-refractivity contribution in [3.05, 3.63) is 131 Å². The lowest BCUT2D eigenvalue weighted by atomic mass is 9.62. The molecule has 0 amide bonds. The first-order valence-electron chi connectivity index (χ1n) is 22.2. The van der Waals surface area contributed by atoms with Gasteiger partial charge in [-0.05, 0) is 158 Å². The molecule has 59 heavy (non-hydrogen) atoms. The van der Waals surface area contributed by atoms with Gasteiger partial charge in [0.05, 0.1) is 6.04 Å². The Balaban J connectivity index is 1.38. The Kier molecular flexibility index (Phi) is 11.5. The third kappa shape index (κ3) is 9.19. The number of rotatable bonds is 10. The van der Waals surface area contributed by atoms with E-state index >= 15 is 0 Å². The van der Waals surface area contributed by atoms with E-state index in [0.717, 1.165) is 23.5 Å². The smallest absolute Gasteiger partial charge is 0.208 e. The van der Waals surface area contributed by atoms with E-state index in [4.69, 9.17) is 0 Å². The van der Waals surface area contributed by atoms with Crippen molar-refractivity contribution in [1.82, 2.24) is 0 Å². The van der Waals surface area contributed by atoms with Crippen molar-refractivity contribution >= 4 is 61.7 Å². The second-order valence-electron chi connectivity index (χ2n) is 22.0. The van der Waals surface area contributed by atoms with Crippen LogP contribution >= 0.6 is 11.3 Å². The Bertz CT molecular complexity index is 2300. The number of hydrogen-bond donors (Lipinski definition) is 1. The average molecular weight is 802 g/mol. The molecule has 4 heteroatoms. The largest absolute Gasteiger partial charge is 0.355 e. The summed E-state index contributed by atoms with van der Waals surface area (Å²) in [6, 6.07) is 30.5. The standard InChI is InChI=1S/C55H70BN2S/c1-15-41(20-17-26-51(3,4)5)58(42-19-16-18-40(32-42)57-39-23-21-38(22-24-39)52(6,7)8)48-34-44-43(36(2)25-27-53(44,9)10)33-47(48)56-50-31-37-30-45-46(35-49(37)59-50)55(13,14)29-28-54(45,11)12/h15-19,21-24,26,30-36,41,57H,1,20,25,27-29H2,2-14H3/b26-17+. The molecule has 4 aromatic carbocycles. The Hall–Kier alpha value is -4.02. The predicted octanol–water partition coefficient (Wildman–Crippen LogP) is 14.8.